The minimum absolute atomic E-state index is 0.172. The van der Waals surface area contributed by atoms with Crippen molar-refractivity contribution in [2.75, 3.05) is 16.8 Å². The molecule has 1 aliphatic heterocycles. The van der Waals surface area contributed by atoms with Crippen LogP contribution in [-0.4, -0.2) is 22.1 Å². The average molecular weight is 395 g/mol. The van der Waals surface area contributed by atoms with E-state index in [-0.39, 0.29) is 5.82 Å². The van der Waals surface area contributed by atoms with Crippen molar-refractivity contribution in [2.24, 2.45) is 7.05 Å². The lowest BCUT2D eigenvalue weighted by atomic mass is 10.0. The van der Waals surface area contributed by atoms with E-state index in [1.165, 1.54) is 21.6 Å². The fourth-order valence-electron chi connectivity index (χ4n) is 4.19. The van der Waals surface area contributed by atoms with Gasteiger partial charge in [0.1, 0.15) is 5.82 Å². The number of nitrogens with one attached hydrogen (secondary N) is 1. The van der Waals surface area contributed by atoms with E-state index in [9.17, 15) is 4.39 Å². The van der Waals surface area contributed by atoms with Gasteiger partial charge in [-0.3, -0.25) is 0 Å². The predicted molar refractivity (Wildman–Crippen MR) is 116 cm³/mol. The van der Waals surface area contributed by atoms with Gasteiger partial charge in [-0.05, 0) is 50.2 Å². The monoisotopic (exact) mass is 394 g/mol. The third-order valence-electron chi connectivity index (χ3n) is 5.52. The summed E-state index contributed by atoms with van der Waals surface area (Å²) in [6.45, 7) is 6.00. The van der Waals surface area contributed by atoms with Crippen molar-refractivity contribution in [1.82, 2.24) is 9.55 Å². The maximum absolute atomic E-state index is 13.9. The van der Waals surface area contributed by atoms with Gasteiger partial charge >= 0.3 is 0 Å². The van der Waals surface area contributed by atoms with E-state index in [0.717, 1.165) is 41.1 Å². The number of hydrogen-bond acceptors (Lipinski definition) is 4. The number of rotatable bonds is 3. The molecule has 0 saturated carbocycles. The first-order valence-electron chi connectivity index (χ1n) is 9.67. The largest absolute Gasteiger partial charge is 0.367 e. The second-order valence-electron chi connectivity index (χ2n) is 7.79. The van der Waals surface area contributed by atoms with Crippen LogP contribution in [0, 0.1) is 5.82 Å². The van der Waals surface area contributed by atoms with Crippen molar-refractivity contribution in [1.29, 1.82) is 0 Å². The smallest absolute Gasteiger partial charge is 0.183 e. The topological polar surface area (TPSA) is 33.1 Å². The second kappa shape index (κ2) is 6.48. The second-order valence-corrected chi connectivity index (χ2v) is 8.82. The molecule has 0 aliphatic carbocycles. The summed E-state index contributed by atoms with van der Waals surface area (Å²) < 4.78 is 17.3. The van der Waals surface area contributed by atoms with Crippen LogP contribution in [0.3, 0.4) is 0 Å². The minimum atomic E-state index is -0.172. The highest BCUT2D eigenvalue weighted by molar-refractivity contribution is 7.22. The molecule has 0 unspecified atom stereocenters. The number of hydrogen-bond donors (Lipinski definition) is 1. The van der Waals surface area contributed by atoms with Gasteiger partial charge in [-0.15, -0.1) is 0 Å². The average Bonchev–Trinajstić information content (AvgIpc) is 3.18. The Bertz CT molecular complexity index is 1190. The Balaban J connectivity index is 1.51. The summed E-state index contributed by atoms with van der Waals surface area (Å²) in [5, 5.41) is 5.39. The van der Waals surface area contributed by atoms with Gasteiger partial charge in [-0.2, -0.15) is 0 Å². The standard InChI is InChI=1S/C22H23FN4S/c1-13(2)24-22-25-18-6-5-15(11-21(18)28-22)27-9-8-20-17(12-27)16-10-14(23)4-7-19(16)26(20)3/h4-7,10-11,13H,8-9,12H2,1-3H3,(H,24,25). The molecule has 0 saturated heterocycles. The van der Waals surface area contributed by atoms with Crippen LogP contribution in [0.25, 0.3) is 21.1 Å². The van der Waals surface area contributed by atoms with E-state index in [4.69, 9.17) is 0 Å². The van der Waals surface area contributed by atoms with Crippen molar-refractivity contribution >= 4 is 43.3 Å². The molecule has 3 heterocycles. The van der Waals surface area contributed by atoms with E-state index in [0.29, 0.717) is 6.04 Å². The van der Waals surface area contributed by atoms with Crippen molar-refractivity contribution in [3.05, 3.63) is 53.5 Å². The van der Waals surface area contributed by atoms with Crippen LogP contribution in [0.2, 0.25) is 0 Å². The lowest BCUT2D eigenvalue weighted by Crippen LogP contribution is -2.30. The van der Waals surface area contributed by atoms with Crippen LogP contribution in [0.1, 0.15) is 25.1 Å². The highest BCUT2D eigenvalue weighted by Gasteiger charge is 2.23. The summed E-state index contributed by atoms with van der Waals surface area (Å²) in [5.41, 5.74) is 5.90. The minimum Gasteiger partial charge on any atom is -0.367 e. The number of thiazole rings is 1. The number of aromatic nitrogens is 2. The molecule has 5 rings (SSSR count). The molecule has 2 aromatic heterocycles. The fraction of sp³-hybridized carbons (Fsp3) is 0.318. The van der Waals surface area contributed by atoms with Crippen LogP contribution in [0.15, 0.2) is 36.4 Å². The van der Waals surface area contributed by atoms with E-state index in [1.54, 1.807) is 23.5 Å². The zero-order valence-electron chi connectivity index (χ0n) is 16.3. The SMILES string of the molecule is CC(C)Nc1nc2ccc(N3CCc4c(c5cc(F)ccc5n4C)C3)cc2s1. The van der Waals surface area contributed by atoms with Crippen molar-refractivity contribution in [2.45, 2.75) is 32.9 Å². The third-order valence-corrected chi connectivity index (χ3v) is 6.46. The van der Waals surface area contributed by atoms with E-state index >= 15 is 0 Å². The molecular weight excluding hydrogens is 371 g/mol. The first-order valence-corrected chi connectivity index (χ1v) is 10.5. The molecule has 6 heteroatoms. The number of aryl methyl sites for hydroxylation is 1. The van der Waals surface area contributed by atoms with Gasteiger partial charge in [0.05, 0.1) is 10.2 Å². The number of halogens is 1. The molecule has 144 valence electrons. The third kappa shape index (κ3) is 2.83. The van der Waals surface area contributed by atoms with Gasteiger partial charge in [0.25, 0.3) is 0 Å². The molecular formula is C22H23FN4S. The number of nitrogens with zero attached hydrogens (tertiary/aromatic N) is 3. The summed E-state index contributed by atoms with van der Waals surface area (Å²) in [4.78, 5) is 7.06. The molecule has 0 bridgehead atoms. The molecule has 0 fully saturated rings. The summed E-state index contributed by atoms with van der Waals surface area (Å²) in [6.07, 6.45) is 0.961. The predicted octanol–water partition coefficient (Wildman–Crippen LogP) is 5.31. The molecule has 0 radical (unpaired) electrons. The molecule has 0 spiro atoms. The highest BCUT2D eigenvalue weighted by Crippen LogP contribution is 2.35. The van der Waals surface area contributed by atoms with Crippen LogP contribution in [-0.2, 0) is 20.0 Å². The van der Waals surface area contributed by atoms with E-state index in [2.05, 4.69) is 58.9 Å². The Morgan fingerprint density at radius 3 is 2.86 bits per heavy atom. The van der Waals surface area contributed by atoms with Gasteiger partial charge in [-0.1, -0.05) is 11.3 Å². The van der Waals surface area contributed by atoms with Gasteiger partial charge in [0, 0.05) is 60.4 Å². The van der Waals surface area contributed by atoms with Crippen molar-refractivity contribution in [3.63, 3.8) is 0 Å². The first kappa shape index (κ1) is 17.5. The number of anilines is 2. The van der Waals surface area contributed by atoms with E-state index in [1.807, 2.05) is 6.07 Å². The van der Waals surface area contributed by atoms with Crippen LogP contribution >= 0.6 is 11.3 Å². The van der Waals surface area contributed by atoms with E-state index < -0.39 is 0 Å². The molecule has 1 aliphatic rings. The highest BCUT2D eigenvalue weighted by atomic mass is 32.1. The van der Waals surface area contributed by atoms with Crippen molar-refractivity contribution < 1.29 is 4.39 Å². The van der Waals surface area contributed by atoms with Crippen LogP contribution in [0.4, 0.5) is 15.2 Å². The maximum atomic E-state index is 13.9. The molecule has 0 amide bonds. The quantitative estimate of drug-likeness (QED) is 0.511. The fourth-order valence-corrected chi connectivity index (χ4v) is 5.24. The molecule has 2 aromatic carbocycles. The molecule has 0 atom stereocenters. The number of fused-ring (bicyclic) bond motifs is 4. The zero-order valence-corrected chi connectivity index (χ0v) is 17.1. The van der Waals surface area contributed by atoms with Gasteiger partial charge in [-0.25, -0.2) is 9.37 Å². The Morgan fingerprint density at radius 1 is 1.18 bits per heavy atom. The Kier molecular flexibility index (Phi) is 4.05. The summed E-state index contributed by atoms with van der Waals surface area (Å²) >= 11 is 1.70. The molecule has 1 N–H and O–H groups in total. The van der Waals surface area contributed by atoms with Gasteiger partial charge < -0.3 is 14.8 Å². The lowest BCUT2D eigenvalue weighted by molar-refractivity contribution is 0.629. The molecule has 4 aromatic rings. The normalized spacial score (nSPS) is 14.2. The van der Waals surface area contributed by atoms with Gasteiger partial charge in [0.2, 0.25) is 0 Å². The molecule has 4 nitrogen and oxygen atoms in total. The Hall–Kier alpha value is -2.60. The zero-order chi connectivity index (χ0) is 19.4. The van der Waals surface area contributed by atoms with Crippen LogP contribution < -0.4 is 10.2 Å². The summed E-state index contributed by atoms with van der Waals surface area (Å²) in [7, 11) is 2.08. The number of benzene rings is 2. The Labute approximate surface area is 167 Å². The summed E-state index contributed by atoms with van der Waals surface area (Å²) in [6, 6.07) is 12.0. The van der Waals surface area contributed by atoms with Crippen LogP contribution in [0.5, 0.6) is 0 Å². The Morgan fingerprint density at radius 2 is 2.04 bits per heavy atom. The summed E-state index contributed by atoms with van der Waals surface area (Å²) in [5.74, 6) is -0.172. The lowest BCUT2D eigenvalue weighted by Gasteiger charge is -2.30. The maximum Gasteiger partial charge on any atom is 0.183 e. The van der Waals surface area contributed by atoms with Gasteiger partial charge in [0.15, 0.2) is 5.13 Å². The first-order chi connectivity index (χ1) is 13.5. The van der Waals surface area contributed by atoms with Crippen molar-refractivity contribution in [3.8, 4) is 0 Å². The molecule has 28 heavy (non-hydrogen) atoms.